The molecule has 0 spiro atoms. The molecule has 0 saturated carbocycles. The second-order valence-corrected chi connectivity index (χ2v) is 4.02. The van der Waals surface area contributed by atoms with Crippen molar-refractivity contribution < 1.29 is 4.92 Å². The highest BCUT2D eigenvalue weighted by molar-refractivity contribution is 6.31. The summed E-state index contributed by atoms with van der Waals surface area (Å²) in [7, 11) is 0. The molecule has 0 aliphatic carbocycles. The van der Waals surface area contributed by atoms with Crippen molar-refractivity contribution in [3.63, 3.8) is 0 Å². The molecule has 5 heteroatoms. The van der Waals surface area contributed by atoms with Gasteiger partial charge in [0.1, 0.15) is 0 Å². The van der Waals surface area contributed by atoms with Crippen molar-refractivity contribution in [1.82, 2.24) is 4.98 Å². The molecule has 1 aromatic heterocycles. The van der Waals surface area contributed by atoms with Crippen LogP contribution >= 0.6 is 11.6 Å². The average Bonchev–Trinajstić information content (AvgIpc) is 2.29. The molecule has 0 atom stereocenters. The minimum atomic E-state index is -0.533. The largest absolute Gasteiger partial charge is 0.307 e. The molecule has 0 N–H and O–H groups in total. The Morgan fingerprint density at radius 1 is 1.29 bits per heavy atom. The van der Waals surface area contributed by atoms with Gasteiger partial charge in [-0.15, -0.1) is 0 Å². The maximum atomic E-state index is 10.8. The Morgan fingerprint density at radius 3 is 2.71 bits per heavy atom. The van der Waals surface area contributed by atoms with Crippen molar-refractivity contribution in [2.75, 3.05) is 0 Å². The van der Waals surface area contributed by atoms with Crippen LogP contribution in [0.4, 0.5) is 5.69 Å². The van der Waals surface area contributed by atoms with Crippen molar-refractivity contribution >= 4 is 17.3 Å². The van der Waals surface area contributed by atoms with Crippen LogP contribution in [-0.2, 0) is 0 Å². The van der Waals surface area contributed by atoms with Gasteiger partial charge in [-0.2, -0.15) is 0 Å². The topological polar surface area (TPSA) is 56.0 Å². The summed E-state index contributed by atoms with van der Waals surface area (Å²) >= 11 is 5.66. The maximum Gasteiger partial charge on any atom is 0.307 e. The number of hydrogen-bond donors (Lipinski definition) is 0. The van der Waals surface area contributed by atoms with Crippen LogP contribution in [-0.4, -0.2) is 9.91 Å². The zero-order chi connectivity index (χ0) is 12.4. The Kier molecular flexibility index (Phi) is 3.06. The molecule has 0 unspecified atom stereocenters. The van der Waals surface area contributed by atoms with Gasteiger partial charge in [-0.3, -0.25) is 10.1 Å². The lowest BCUT2D eigenvalue weighted by Crippen LogP contribution is -1.92. The zero-order valence-electron chi connectivity index (χ0n) is 9.05. The van der Waals surface area contributed by atoms with Crippen molar-refractivity contribution in [2.45, 2.75) is 6.92 Å². The van der Waals surface area contributed by atoms with Crippen molar-refractivity contribution in [2.24, 2.45) is 0 Å². The summed E-state index contributed by atoms with van der Waals surface area (Å²) in [6.07, 6.45) is 1.53. The number of aryl methyl sites for hydroxylation is 1. The normalized spacial score (nSPS) is 10.2. The monoisotopic (exact) mass is 248 g/mol. The lowest BCUT2D eigenvalue weighted by atomic mass is 10.1. The molecule has 0 aliphatic heterocycles. The quantitative estimate of drug-likeness (QED) is 0.463. The van der Waals surface area contributed by atoms with E-state index in [-0.39, 0.29) is 10.8 Å². The molecule has 0 amide bonds. The summed E-state index contributed by atoms with van der Waals surface area (Å²) in [4.78, 5) is 14.1. The standard InChI is InChI=1S/C12H9ClN2O2/c1-8-3-2-4-9(5-8)10-6-11(15(16)17)12(13)14-7-10/h2-7H,1H3. The van der Waals surface area contributed by atoms with Crippen LogP contribution in [0.25, 0.3) is 11.1 Å². The van der Waals surface area contributed by atoms with E-state index >= 15 is 0 Å². The highest BCUT2D eigenvalue weighted by Gasteiger charge is 2.14. The van der Waals surface area contributed by atoms with Crippen LogP contribution in [0.2, 0.25) is 5.15 Å². The predicted molar refractivity (Wildman–Crippen MR) is 66.1 cm³/mol. The molecule has 4 nitrogen and oxygen atoms in total. The minimum absolute atomic E-state index is 0.0913. The summed E-state index contributed by atoms with van der Waals surface area (Å²) in [6, 6.07) is 9.10. The van der Waals surface area contributed by atoms with Gasteiger partial charge in [0.25, 0.3) is 0 Å². The molecule has 2 aromatic rings. The predicted octanol–water partition coefficient (Wildman–Crippen LogP) is 3.62. The minimum Gasteiger partial charge on any atom is -0.258 e. The summed E-state index contributed by atoms with van der Waals surface area (Å²) in [5.41, 5.74) is 2.48. The maximum absolute atomic E-state index is 10.8. The van der Waals surface area contributed by atoms with Crippen LogP contribution in [0.15, 0.2) is 36.5 Å². The third-order valence-corrected chi connectivity index (χ3v) is 2.66. The Balaban J connectivity index is 2.54. The molecule has 1 heterocycles. The Bertz CT molecular complexity index is 584. The van der Waals surface area contributed by atoms with Crippen molar-refractivity contribution in [3.8, 4) is 11.1 Å². The first-order chi connectivity index (χ1) is 8.08. The second kappa shape index (κ2) is 4.51. The van der Waals surface area contributed by atoms with E-state index in [1.165, 1.54) is 12.3 Å². The number of halogens is 1. The molecule has 17 heavy (non-hydrogen) atoms. The molecule has 0 bridgehead atoms. The zero-order valence-corrected chi connectivity index (χ0v) is 9.81. The van der Waals surface area contributed by atoms with E-state index in [4.69, 9.17) is 11.6 Å². The highest BCUT2D eigenvalue weighted by Crippen LogP contribution is 2.28. The van der Waals surface area contributed by atoms with Crippen LogP contribution in [0.1, 0.15) is 5.56 Å². The summed E-state index contributed by atoms with van der Waals surface area (Å²) in [6.45, 7) is 1.96. The van der Waals surface area contributed by atoms with Gasteiger partial charge in [-0.1, -0.05) is 41.4 Å². The fourth-order valence-corrected chi connectivity index (χ4v) is 1.72. The number of rotatable bonds is 2. The number of nitrogens with zero attached hydrogens (tertiary/aromatic N) is 2. The van der Waals surface area contributed by atoms with Crippen LogP contribution < -0.4 is 0 Å². The summed E-state index contributed by atoms with van der Waals surface area (Å²) < 4.78 is 0. The Morgan fingerprint density at radius 2 is 2.06 bits per heavy atom. The van der Waals surface area contributed by atoms with E-state index in [1.54, 1.807) is 0 Å². The lowest BCUT2D eigenvalue weighted by Gasteiger charge is -2.03. The first-order valence-electron chi connectivity index (χ1n) is 4.95. The van der Waals surface area contributed by atoms with E-state index in [0.29, 0.717) is 5.56 Å². The molecule has 0 aliphatic rings. The van der Waals surface area contributed by atoms with E-state index < -0.39 is 4.92 Å². The molecule has 0 saturated heterocycles. The number of nitro groups is 1. The van der Waals surface area contributed by atoms with Crippen molar-refractivity contribution in [1.29, 1.82) is 0 Å². The lowest BCUT2D eigenvalue weighted by molar-refractivity contribution is -0.385. The number of pyridine rings is 1. The van der Waals surface area contributed by atoms with Gasteiger partial charge in [0, 0.05) is 17.8 Å². The molecule has 1 aromatic carbocycles. The van der Waals surface area contributed by atoms with Gasteiger partial charge >= 0.3 is 5.69 Å². The second-order valence-electron chi connectivity index (χ2n) is 3.66. The fourth-order valence-electron chi connectivity index (χ4n) is 1.55. The molecular weight excluding hydrogens is 240 g/mol. The fraction of sp³-hybridized carbons (Fsp3) is 0.0833. The smallest absolute Gasteiger partial charge is 0.258 e. The Labute approximate surface area is 103 Å². The van der Waals surface area contributed by atoms with Gasteiger partial charge in [-0.05, 0) is 12.5 Å². The first kappa shape index (κ1) is 11.5. The molecule has 0 fully saturated rings. The van der Waals surface area contributed by atoms with E-state index in [2.05, 4.69) is 4.98 Å². The van der Waals surface area contributed by atoms with Crippen LogP contribution in [0, 0.1) is 17.0 Å². The molecule has 0 radical (unpaired) electrons. The van der Waals surface area contributed by atoms with E-state index in [9.17, 15) is 10.1 Å². The van der Waals surface area contributed by atoms with E-state index in [1.807, 2.05) is 31.2 Å². The van der Waals surface area contributed by atoms with Crippen LogP contribution in [0.5, 0.6) is 0 Å². The average molecular weight is 249 g/mol. The number of benzene rings is 1. The van der Waals surface area contributed by atoms with Gasteiger partial charge in [0.05, 0.1) is 4.92 Å². The molecular formula is C12H9ClN2O2. The molecule has 2 rings (SSSR count). The molecule has 86 valence electrons. The van der Waals surface area contributed by atoms with Crippen molar-refractivity contribution in [3.05, 3.63) is 57.4 Å². The summed E-state index contributed by atoms with van der Waals surface area (Å²) in [5.74, 6) is 0. The number of aromatic nitrogens is 1. The van der Waals surface area contributed by atoms with Gasteiger partial charge in [0.2, 0.25) is 5.15 Å². The SMILES string of the molecule is Cc1cccc(-c2cnc(Cl)c([N+](=O)[O-])c2)c1. The van der Waals surface area contributed by atoms with Gasteiger partial charge in [-0.25, -0.2) is 4.98 Å². The van der Waals surface area contributed by atoms with Crippen LogP contribution in [0.3, 0.4) is 0 Å². The third-order valence-electron chi connectivity index (χ3n) is 2.37. The highest BCUT2D eigenvalue weighted by atomic mass is 35.5. The Hall–Kier alpha value is -1.94. The van der Waals surface area contributed by atoms with Gasteiger partial charge < -0.3 is 0 Å². The summed E-state index contributed by atoms with van der Waals surface area (Å²) in [5, 5.41) is 10.7. The number of hydrogen-bond acceptors (Lipinski definition) is 3. The first-order valence-corrected chi connectivity index (χ1v) is 5.32. The van der Waals surface area contributed by atoms with Gasteiger partial charge in [0.15, 0.2) is 0 Å². The van der Waals surface area contributed by atoms with E-state index in [0.717, 1.165) is 11.1 Å². The third kappa shape index (κ3) is 2.42.